The number of hydrogen-bond acceptors (Lipinski definition) is 5. The summed E-state index contributed by atoms with van der Waals surface area (Å²) in [5.41, 5.74) is 3.07. The van der Waals surface area contributed by atoms with Crippen LogP contribution < -0.4 is 0 Å². The molecule has 0 spiro atoms. The van der Waals surface area contributed by atoms with Crippen LogP contribution in [0.5, 0.6) is 0 Å². The second kappa shape index (κ2) is 6.87. The first kappa shape index (κ1) is 19.2. The molecule has 3 rings (SSSR count). The zero-order valence-corrected chi connectivity index (χ0v) is 17.0. The number of thioether (sulfide) groups is 1. The van der Waals surface area contributed by atoms with Gasteiger partial charge in [-0.2, -0.15) is 0 Å². The van der Waals surface area contributed by atoms with Gasteiger partial charge in [-0.1, -0.05) is 23.9 Å². The number of carbonyl (C=O) groups is 1. The second-order valence-electron chi connectivity index (χ2n) is 7.69. The van der Waals surface area contributed by atoms with Gasteiger partial charge in [-0.3, -0.25) is 4.79 Å². The van der Waals surface area contributed by atoms with E-state index >= 15 is 0 Å². The Hall–Kier alpha value is -1.57. The van der Waals surface area contributed by atoms with E-state index in [9.17, 15) is 4.79 Å². The molecule has 2 heterocycles. The molecule has 0 aliphatic carbocycles. The van der Waals surface area contributed by atoms with Crippen LogP contribution >= 0.6 is 11.8 Å². The Morgan fingerprint density at radius 1 is 1.27 bits per heavy atom. The molecular weight excluding hydrogens is 347 g/mol. The predicted octanol–water partition coefficient (Wildman–Crippen LogP) is 4.17. The van der Waals surface area contributed by atoms with Crippen LogP contribution in [0.1, 0.15) is 46.0 Å². The van der Waals surface area contributed by atoms with E-state index in [1.807, 2.05) is 52.8 Å². The van der Waals surface area contributed by atoms with E-state index in [4.69, 9.17) is 9.31 Å². The molecule has 0 unspecified atom stereocenters. The third-order valence-corrected chi connectivity index (χ3v) is 5.86. The van der Waals surface area contributed by atoms with E-state index in [0.29, 0.717) is 5.75 Å². The molecule has 138 valence electrons. The fraction of sp³-hybridized carbons (Fsp3) is 0.474. The Bertz CT molecular complexity index is 857. The van der Waals surface area contributed by atoms with Gasteiger partial charge in [0.2, 0.25) is 0 Å². The van der Waals surface area contributed by atoms with Gasteiger partial charge >= 0.3 is 7.12 Å². The maximum atomic E-state index is 11.5. The summed E-state index contributed by atoms with van der Waals surface area (Å²) in [5, 5.41) is 0.0760. The summed E-state index contributed by atoms with van der Waals surface area (Å²) in [4.78, 5) is 19.2. The van der Waals surface area contributed by atoms with Crippen LogP contribution in [0.3, 0.4) is 0 Å². The van der Waals surface area contributed by atoms with Crippen molar-refractivity contribution in [3.8, 4) is 0 Å². The van der Waals surface area contributed by atoms with Crippen molar-refractivity contribution in [2.24, 2.45) is 0 Å². The molecule has 1 aliphatic heterocycles. The topological polar surface area (TPSA) is 64.2 Å². The van der Waals surface area contributed by atoms with Crippen LogP contribution in [0.25, 0.3) is 17.1 Å². The van der Waals surface area contributed by atoms with E-state index in [-0.39, 0.29) is 5.12 Å². The molecule has 0 amide bonds. The van der Waals surface area contributed by atoms with Crippen LogP contribution in [-0.4, -0.2) is 39.2 Å². The number of aromatic nitrogens is 2. The van der Waals surface area contributed by atoms with E-state index in [2.05, 4.69) is 16.0 Å². The highest BCUT2D eigenvalue weighted by Gasteiger charge is 2.52. The maximum Gasteiger partial charge on any atom is 0.491 e. The van der Waals surface area contributed by atoms with Crippen molar-refractivity contribution in [1.82, 2.24) is 9.97 Å². The molecular formula is C19H25BN2O3S. The minimum atomic E-state index is -0.467. The number of hydrogen-bond donors (Lipinski definition) is 1. The number of rotatable bonds is 4. The van der Waals surface area contributed by atoms with Crippen molar-refractivity contribution in [3.63, 3.8) is 0 Å². The van der Waals surface area contributed by atoms with Crippen LogP contribution in [0.15, 0.2) is 23.7 Å². The summed E-state index contributed by atoms with van der Waals surface area (Å²) in [7, 11) is -0.467. The van der Waals surface area contributed by atoms with Crippen molar-refractivity contribution in [1.29, 1.82) is 0 Å². The molecule has 26 heavy (non-hydrogen) atoms. The van der Waals surface area contributed by atoms with Gasteiger partial charge in [-0.15, -0.1) is 0 Å². The molecule has 1 aromatic heterocycles. The molecule has 1 aliphatic rings. The van der Waals surface area contributed by atoms with Crippen molar-refractivity contribution >= 4 is 41.1 Å². The first-order chi connectivity index (χ1) is 12.1. The van der Waals surface area contributed by atoms with Crippen LogP contribution in [-0.2, 0) is 14.1 Å². The molecule has 2 aromatic rings. The summed E-state index contributed by atoms with van der Waals surface area (Å²) in [6, 6.07) is 6.07. The smallest absolute Gasteiger partial charge is 0.400 e. The first-order valence-electron chi connectivity index (χ1n) is 8.73. The average Bonchev–Trinajstić information content (AvgIpc) is 2.98. The largest absolute Gasteiger partial charge is 0.491 e. The van der Waals surface area contributed by atoms with E-state index in [1.54, 1.807) is 6.92 Å². The zero-order chi connectivity index (χ0) is 19.1. The quantitative estimate of drug-likeness (QED) is 0.817. The van der Waals surface area contributed by atoms with Gasteiger partial charge in [0, 0.05) is 12.7 Å². The fourth-order valence-electron chi connectivity index (χ4n) is 2.82. The number of fused-ring (bicyclic) bond motifs is 1. The van der Waals surface area contributed by atoms with Gasteiger partial charge in [0.1, 0.15) is 5.82 Å². The van der Waals surface area contributed by atoms with Crippen LogP contribution in [0.4, 0.5) is 0 Å². The van der Waals surface area contributed by atoms with Gasteiger partial charge in [-0.05, 0) is 57.8 Å². The predicted molar refractivity (Wildman–Crippen MR) is 108 cm³/mol. The Morgan fingerprint density at radius 2 is 1.92 bits per heavy atom. The molecule has 0 saturated carbocycles. The van der Waals surface area contributed by atoms with Crippen molar-refractivity contribution < 1.29 is 14.1 Å². The Balaban J connectivity index is 1.94. The van der Waals surface area contributed by atoms with E-state index < -0.39 is 18.3 Å². The average molecular weight is 372 g/mol. The summed E-state index contributed by atoms with van der Waals surface area (Å²) < 4.78 is 12.4. The molecule has 1 N–H and O–H groups in total. The van der Waals surface area contributed by atoms with Crippen molar-refractivity contribution in [2.45, 2.75) is 52.7 Å². The SMILES string of the molecule is CC(=O)SCC(=Cc1ccc2nc(C)[nH]c2c1)B1OC(C)(C)C(C)(C)O1. The number of benzene rings is 1. The minimum absolute atomic E-state index is 0.0760. The molecule has 1 aromatic carbocycles. The summed E-state index contributed by atoms with van der Waals surface area (Å²) in [6.45, 7) is 11.6. The Kier molecular flexibility index (Phi) is 5.07. The number of aromatic amines is 1. The summed E-state index contributed by atoms with van der Waals surface area (Å²) >= 11 is 1.27. The van der Waals surface area contributed by atoms with E-state index in [1.165, 1.54) is 11.8 Å². The normalized spacial score (nSPS) is 19.3. The lowest BCUT2D eigenvalue weighted by Gasteiger charge is -2.32. The standard InChI is InChI=1S/C19H25BN2O3S/c1-12-21-16-8-7-14(10-17(16)22-12)9-15(11-26-13(2)23)20-24-18(3,4)19(5,6)25-20/h7-10H,11H2,1-6H3,(H,21,22). The molecule has 1 fully saturated rings. The highest BCUT2D eigenvalue weighted by atomic mass is 32.2. The third kappa shape index (κ3) is 3.90. The number of nitrogens with one attached hydrogen (secondary N) is 1. The van der Waals surface area contributed by atoms with Crippen molar-refractivity contribution in [2.75, 3.05) is 5.75 Å². The van der Waals surface area contributed by atoms with Gasteiger partial charge in [-0.25, -0.2) is 4.98 Å². The lowest BCUT2D eigenvalue weighted by molar-refractivity contribution is -0.109. The number of H-pyrrole nitrogens is 1. The van der Waals surface area contributed by atoms with Crippen LogP contribution in [0.2, 0.25) is 0 Å². The Morgan fingerprint density at radius 3 is 2.54 bits per heavy atom. The lowest BCUT2D eigenvalue weighted by Crippen LogP contribution is -2.41. The molecule has 7 heteroatoms. The minimum Gasteiger partial charge on any atom is -0.400 e. The monoisotopic (exact) mass is 372 g/mol. The highest BCUT2D eigenvalue weighted by molar-refractivity contribution is 8.13. The fourth-order valence-corrected chi connectivity index (χ4v) is 3.41. The molecule has 5 nitrogen and oxygen atoms in total. The van der Waals surface area contributed by atoms with E-state index in [0.717, 1.165) is 27.9 Å². The van der Waals surface area contributed by atoms with Gasteiger partial charge < -0.3 is 14.3 Å². The number of nitrogens with zero attached hydrogens (tertiary/aromatic N) is 1. The maximum absolute atomic E-state index is 11.5. The second-order valence-corrected chi connectivity index (χ2v) is 8.84. The Labute approximate surface area is 159 Å². The number of aryl methyl sites for hydroxylation is 1. The lowest BCUT2D eigenvalue weighted by atomic mass is 9.78. The first-order valence-corrected chi connectivity index (χ1v) is 9.72. The molecule has 0 radical (unpaired) electrons. The van der Waals surface area contributed by atoms with Gasteiger partial charge in [0.05, 0.1) is 22.2 Å². The zero-order valence-electron chi connectivity index (χ0n) is 16.2. The summed E-state index contributed by atoms with van der Waals surface area (Å²) in [6.07, 6.45) is 2.05. The highest BCUT2D eigenvalue weighted by Crippen LogP contribution is 2.39. The molecule has 0 bridgehead atoms. The molecule has 1 saturated heterocycles. The van der Waals surface area contributed by atoms with Crippen LogP contribution in [0, 0.1) is 6.92 Å². The number of carbonyl (C=O) groups excluding carboxylic acids is 1. The molecule has 0 atom stereocenters. The number of imidazole rings is 1. The summed E-state index contributed by atoms with van der Waals surface area (Å²) in [5.74, 6) is 1.42. The van der Waals surface area contributed by atoms with Gasteiger partial charge in [0.25, 0.3) is 0 Å². The van der Waals surface area contributed by atoms with Gasteiger partial charge in [0.15, 0.2) is 5.12 Å². The van der Waals surface area contributed by atoms with Crippen molar-refractivity contribution in [3.05, 3.63) is 35.1 Å². The third-order valence-electron chi connectivity index (χ3n) is 4.97.